The molecule has 0 aromatic heterocycles. The summed E-state index contributed by atoms with van der Waals surface area (Å²) in [5.74, 6) is -6.17. The smallest absolute Gasteiger partial charge is 0.416 e. The van der Waals surface area contributed by atoms with Crippen LogP contribution in [-0.4, -0.2) is 82.0 Å². The molecule has 2 atom stereocenters. The lowest BCUT2D eigenvalue weighted by atomic mass is 9.99. The van der Waals surface area contributed by atoms with Crippen LogP contribution in [0.4, 0.5) is 64.1 Å². The fourth-order valence-electron chi connectivity index (χ4n) is 12.0. The highest BCUT2D eigenvalue weighted by molar-refractivity contribution is 6.32. The molecule has 0 bridgehead atoms. The first kappa shape index (κ1) is 86.8. The first-order valence-corrected chi connectivity index (χ1v) is 36.1. The summed E-state index contributed by atoms with van der Waals surface area (Å²) in [5.41, 5.74) is -5.89. The Kier molecular flexibility index (Phi) is 29.1. The van der Waals surface area contributed by atoms with Crippen molar-refractivity contribution in [1.29, 1.82) is 0 Å². The number of nitrogens with zero attached hydrogens (tertiary/aromatic N) is 2. The van der Waals surface area contributed by atoms with Crippen LogP contribution in [0.5, 0.6) is 23.0 Å². The zero-order valence-electron chi connectivity index (χ0n) is 60.6. The Morgan fingerprint density at radius 3 is 1.07 bits per heavy atom. The van der Waals surface area contributed by atoms with E-state index in [0.29, 0.717) is 59.1 Å². The monoisotopic (exact) mass is 1640 g/mol. The van der Waals surface area contributed by atoms with Gasteiger partial charge in [-0.2, -0.15) is 52.7 Å². The molecule has 0 fully saturated rings. The quantitative estimate of drug-likeness (QED) is 0.0209. The van der Waals surface area contributed by atoms with Gasteiger partial charge in [0.15, 0.2) is 0 Å². The molecule has 10 aromatic rings. The average molecular weight is 1640 g/mol. The van der Waals surface area contributed by atoms with Crippen LogP contribution in [0.1, 0.15) is 127 Å². The van der Waals surface area contributed by atoms with Gasteiger partial charge >= 0.3 is 42.6 Å². The van der Waals surface area contributed by atoms with Crippen LogP contribution in [-0.2, 0) is 51.9 Å². The highest BCUT2D eigenvalue weighted by atomic mass is 35.5. The maximum absolute atomic E-state index is 14.0. The van der Waals surface area contributed by atoms with E-state index in [2.05, 4.69) is 10.6 Å². The van der Waals surface area contributed by atoms with Crippen LogP contribution < -0.4 is 29.9 Å². The van der Waals surface area contributed by atoms with E-state index in [1.165, 1.54) is 18.2 Å². The van der Waals surface area contributed by atoms with Crippen molar-refractivity contribution in [3.8, 4) is 45.3 Å². The summed E-state index contributed by atoms with van der Waals surface area (Å²) in [4.78, 5) is 93.3. The van der Waals surface area contributed by atoms with Crippen molar-refractivity contribution in [2.24, 2.45) is 0 Å². The summed E-state index contributed by atoms with van der Waals surface area (Å²) < 4.78 is 177. The number of carboxylic acid groups (broad SMARTS) is 3. The van der Waals surface area contributed by atoms with Gasteiger partial charge < -0.3 is 45.2 Å². The van der Waals surface area contributed by atoms with Gasteiger partial charge in [0.2, 0.25) is 0 Å². The van der Waals surface area contributed by atoms with E-state index in [-0.39, 0.29) is 109 Å². The summed E-state index contributed by atoms with van der Waals surface area (Å²) in [6.45, 7) is 1.27. The molecule has 0 saturated heterocycles. The second kappa shape index (κ2) is 38.6. The zero-order valence-corrected chi connectivity index (χ0v) is 62.1. The average Bonchev–Trinajstić information content (AvgIpc) is 0.783. The van der Waals surface area contributed by atoms with Gasteiger partial charge in [-0.25, -0.2) is 9.59 Å². The van der Waals surface area contributed by atoms with Gasteiger partial charge in [-0.3, -0.25) is 24.0 Å². The van der Waals surface area contributed by atoms with Crippen molar-refractivity contribution in [2.45, 2.75) is 102 Å². The molecule has 5 N–H and O–H groups in total. The number of carbonyl (C=O) groups is 7. The van der Waals surface area contributed by atoms with E-state index in [4.69, 9.17) is 37.8 Å². The molecule has 10 aromatic carbocycles. The Hall–Kier alpha value is -12.2. The van der Waals surface area contributed by atoms with Gasteiger partial charge in [0.25, 0.3) is 23.6 Å². The Morgan fingerprint density at radius 2 is 0.739 bits per heavy atom. The maximum Gasteiger partial charge on any atom is 0.416 e. The fraction of sp³-hybridized carbons (Fsp3) is 0.212. The third-order valence-corrected chi connectivity index (χ3v) is 18.2. The Morgan fingerprint density at radius 1 is 0.400 bits per heavy atom. The third kappa shape index (κ3) is 24.2. The lowest BCUT2D eigenvalue weighted by Crippen LogP contribution is -2.43. The minimum atomic E-state index is -5.27. The molecule has 0 aliphatic carbocycles. The minimum Gasteiger partial charge on any atom is -0.481 e. The molecule has 115 heavy (non-hydrogen) atoms. The van der Waals surface area contributed by atoms with Crippen LogP contribution in [0.25, 0.3) is 22.3 Å². The summed E-state index contributed by atoms with van der Waals surface area (Å²) in [5, 5.41) is 34.1. The molecule has 4 amide bonds. The number of para-hydroxylation sites is 4. The van der Waals surface area contributed by atoms with E-state index in [1.54, 1.807) is 66.7 Å². The molecule has 0 heterocycles. The van der Waals surface area contributed by atoms with Gasteiger partial charge in [0, 0.05) is 64.7 Å². The minimum absolute atomic E-state index is 0.00253. The number of amides is 4. The van der Waals surface area contributed by atoms with Crippen molar-refractivity contribution in [3.63, 3.8) is 0 Å². The maximum atomic E-state index is 14.0. The SMILES string of the molecule is CCCCCN(C(=O)c1cc(C(F)(F)F)cc(C(F)(F)F)c1)c1ccc(Cl)cc1C(=O)N[C@@H](Cc1ccc(-c2ccccc2Oc2ccccc2)cc1)C(=O)O.O=C(O)CCCCCN(C(=O)c1cc(C(F)(F)F)cc(C(F)(F)F)c1)c1ccc(Cl)cc1C(=O)N[C@@H](Cc1ccc(-c2ccccc2Oc2ccccc2)cc1)C(=O)O. The van der Waals surface area contributed by atoms with E-state index in [1.807, 2.05) is 97.9 Å². The highest BCUT2D eigenvalue weighted by Crippen LogP contribution is 2.42. The summed E-state index contributed by atoms with van der Waals surface area (Å²) in [7, 11) is 0. The van der Waals surface area contributed by atoms with Crippen molar-refractivity contribution < 1.29 is 111 Å². The molecule has 0 radical (unpaired) electrons. The van der Waals surface area contributed by atoms with Crippen molar-refractivity contribution in [1.82, 2.24) is 10.6 Å². The zero-order chi connectivity index (χ0) is 83.5. The van der Waals surface area contributed by atoms with Crippen LogP contribution in [0.3, 0.4) is 0 Å². The molecule has 0 aliphatic heterocycles. The third-order valence-electron chi connectivity index (χ3n) is 17.7. The van der Waals surface area contributed by atoms with Gasteiger partial charge in [-0.15, -0.1) is 0 Å². The molecule has 600 valence electrons. The molecule has 0 saturated carbocycles. The van der Waals surface area contributed by atoms with Crippen molar-refractivity contribution in [3.05, 3.63) is 296 Å². The van der Waals surface area contributed by atoms with Gasteiger partial charge in [0.05, 0.1) is 44.8 Å². The highest BCUT2D eigenvalue weighted by Gasteiger charge is 2.41. The number of carboxylic acids is 3. The second-order valence-corrected chi connectivity index (χ2v) is 27.0. The van der Waals surface area contributed by atoms with Crippen molar-refractivity contribution >= 4 is 76.1 Å². The number of halogens is 14. The number of aliphatic carboxylic acids is 3. The van der Waals surface area contributed by atoms with Gasteiger partial charge in [0.1, 0.15) is 35.1 Å². The molecule has 10 rings (SSSR count). The standard InChI is InChI=1S/C43H35ClF6N2O7.C42H35ClF6N2O5/c44-31-18-19-36(52(20-8-2-5-13-38(53)54)40(56)28-22-29(42(45,46)47)24-30(23-28)43(48,49)50)34(25-31)39(55)51-35(41(57)58)21-26-14-16-27(17-15-26)33-11-6-7-12-37(33)59-32-9-3-1-4-10-32;1-2-3-9-20-51(39(53)28-22-29(41(44,45)46)24-30(23-28)42(47,48)49)36-19-18-31(43)25-34(36)38(52)50-35(40(54)55)21-26-14-16-27(17-15-26)33-12-7-8-13-37(33)56-32-10-5-4-6-11-32/h1,3-4,6-7,9-12,14-19,22-25,35H,2,5,8,13,20-21H2,(H,51,55)(H,53,54)(H,57,58);4-8,10-19,22-25,35H,2-3,9,20-21H2,1H3,(H,50,52)(H,54,55)/t2*35-/m00/s1. The Balaban J connectivity index is 0.000000263. The van der Waals surface area contributed by atoms with Crippen LogP contribution in [0.2, 0.25) is 10.0 Å². The molecule has 0 unspecified atom stereocenters. The summed E-state index contributed by atoms with van der Waals surface area (Å²) in [6, 6.07) is 51.7. The number of carbonyl (C=O) groups excluding carboxylic acids is 4. The summed E-state index contributed by atoms with van der Waals surface area (Å²) >= 11 is 12.4. The number of alkyl halides is 12. The normalized spacial score (nSPS) is 12.1. The van der Waals surface area contributed by atoms with E-state index >= 15 is 0 Å². The fourth-order valence-corrected chi connectivity index (χ4v) is 12.4. The Bertz CT molecular complexity index is 5050. The largest absolute Gasteiger partial charge is 0.481 e. The molecular formula is C85H70Cl2F12N4O12. The van der Waals surface area contributed by atoms with E-state index in [0.717, 1.165) is 50.3 Å². The number of ether oxygens (including phenoxy) is 2. The topological polar surface area (TPSA) is 229 Å². The number of anilines is 2. The molecule has 0 aliphatic rings. The predicted molar refractivity (Wildman–Crippen MR) is 407 cm³/mol. The van der Waals surface area contributed by atoms with Crippen LogP contribution in [0, 0.1) is 0 Å². The van der Waals surface area contributed by atoms with E-state index in [9.17, 15) is 96.5 Å². The number of rotatable bonds is 30. The van der Waals surface area contributed by atoms with Gasteiger partial charge in [-0.1, -0.05) is 171 Å². The number of benzene rings is 10. The molecule has 0 spiro atoms. The van der Waals surface area contributed by atoms with Crippen molar-refractivity contribution in [2.75, 3.05) is 22.9 Å². The number of hydrogen-bond donors (Lipinski definition) is 5. The molecular weight excluding hydrogens is 1570 g/mol. The number of hydrogen-bond acceptors (Lipinski definition) is 9. The molecule has 16 nitrogen and oxygen atoms in total. The first-order chi connectivity index (χ1) is 54.4. The van der Waals surface area contributed by atoms with Crippen LogP contribution >= 0.6 is 23.2 Å². The Labute approximate surface area is 660 Å². The van der Waals surface area contributed by atoms with Gasteiger partial charge in [-0.05, 0) is 151 Å². The molecule has 30 heteroatoms. The van der Waals surface area contributed by atoms with E-state index < -0.39 is 117 Å². The van der Waals surface area contributed by atoms with Crippen LogP contribution in [0.15, 0.2) is 231 Å². The number of unbranched alkanes of at least 4 members (excludes halogenated alkanes) is 4. The lowest BCUT2D eigenvalue weighted by Gasteiger charge is -2.27. The number of nitrogens with one attached hydrogen (secondary N) is 2. The summed E-state index contributed by atoms with van der Waals surface area (Å²) in [6.07, 6.45) is -19.8. The first-order valence-electron chi connectivity index (χ1n) is 35.4. The second-order valence-electron chi connectivity index (χ2n) is 26.1. The lowest BCUT2D eigenvalue weighted by molar-refractivity contribution is -0.144. The predicted octanol–water partition coefficient (Wildman–Crippen LogP) is 21.7.